The zero-order valence-corrected chi connectivity index (χ0v) is 24.6. The molecular weight excluding hydrogens is 564 g/mol. The minimum absolute atomic E-state index is 0.0568. The van der Waals surface area contributed by atoms with Gasteiger partial charge in [-0.05, 0) is 49.7 Å². The number of nitrogens with zero attached hydrogens (tertiary/aromatic N) is 2. The Morgan fingerprint density at radius 3 is 1.81 bits per heavy atom. The minimum Gasteiger partial charge on any atom is -0.480 e. The lowest BCUT2D eigenvalue weighted by Gasteiger charge is -2.25. The van der Waals surface area contributed by atoms with E-state index in [0.717, 1.165) is 5.56 Å². The van der Waals surface area contributed by atoms with Crippen LogP contribution in [0.4, 0.5) is 0 Å². The molecule has 42 heavy (non-hydrogen) atoms. The highest BCUT2D eigenvalue weighted by Gasteiger charge is 2.30. The van der Waals surface area contributed by atoms with Gasteiger partial charge in [0, 0.05) is 19.5 Å². The summed E-state index contributed by atoms with van der Waals surface area (Å²) in [6.07, 6.45) is 3.23. The maximum absolute atomic E-state index is 13.5. The van der Waals surface area contributed by atoms with E-state index in [4.69, 9.17) is 28.7 Å². The van der Waals surface area contributed by atoms with E-state index in [2.05, 4.69) is 25.9 Å². The molecule has 0 aromatic heterocycles. The first-order valence-corrected chi connectivity index (χ1v) is 14.9. The Morgan fingerprint density at radius 1 is 0.786 bits per heavy atom. The number of aliphatic carboxylic acids is 1. The largest absolute Gasteiger partial charge is 0.480 e. The van der Waals surface area contributed by atoms with Crippen LogP contribution in [0.3, 0.4) is 0 Å². The molecule has 0 saturated carbocycles. The number of rotatable bonds is 20. The molecule has 0 bridgehead atoms. The predicted molar refractivity (Wildman–Crippen MR) is 164 cm³/mol. The lowest BCUT2D eigenvalue weighted by Crippen LogP contribution is -2.57. The zero-order chi connectivity index (χ0) is 31.5. The molecule has 4 atom stereocenters. The highest BCUT2D eigenvalue weighted by molar-refractivity contribution is 7.98. The van der Waals surface area contributed by atoms with Crippen LogP contribution < -0.4 is 44.6 Å². The van der Waals surface area contributed by atoms with E-state index in [1.165, 1.54) is 11.8 Å². The number of nitrogens with one attached hydrogen (secondary N) is 3. The van der Waals surface area contributed by atoms with Gasteiger partial charge in [0.25, 0.3) is 0 Å². The van der Waals surface area contributed by atoms with E-state index in [0.29, 0.717) is 25.0 Å². The Bertz CT molecular complexity index is 1060. The third-order valence-electron chi connectivity index (χ3n) is 6.02. The fourth-order valence-corrected chi connectivity index (χ4v) is 4.28. The molecule has 0 spiro atoms. The van der Waals surface area contributed by atoms with Gasteiger partial charge in [-0.3, -0.25) is 24.4 Å². The number of nitrogens with two attached hydrogens (primary N) is 5. The Morgan fingerprint density at radius 2 is 1.29 bits per heavy atom. The highest BCUT2D eigenvalue weighted by Crippen LogP contribution is 2.08. The quantitative estimate of drug-likeness (QED) is 0.0441. The van der Waals surface area contributed by atoms with Crippen LogP contribution in [-0.4, -0.2) is 90.0 Å². The van der Waals surface area contributed by atoms with E-state index in [1.54, 1.807) is 30.3 Å². The van der Waals surface area contributed by atoms with Crippen molar-refractivity contribution in [1.82, 2.24) is 16.0 Å². The Kier molecular flexibility index (Phi) is 17.1. The summed E-state index contributed by atoms with van der Waals surface area (Å²) in [5, 5.41) is 17.5. The Hall–Kier alpha value is -4.05. The predicted octanol–water partition coefficient (Wildman–Crippen LogP) is -2.04. The number of amides is 3. The van der Waals surface area contributed by atoms with Gasteiger partial charge in [0.2, 0.25) is 17.7 Å². The molecular formula is C26H44N10O5S. The van der Waals surface area contributed by atoms with Crippen LogP contribution in [0.15, 0.2) is 40.3 Å². The number of hydrogen-bond acceptors (Lipinski definition) is 8. The first-order valence-electron chi connectivity index (χ1n) is 13.5. The molecule has 0 aliphatic rings. The van der Waals surface area contributed by atoms with Gasteiger partial charge in [-0.2, -0.15) is 11.8 Å². The molecule has 1 aromatic carbocycles. The number of hydrogen-bond donors (Lipinski definition) is 9. The first kappa shape index (κ1) is 36.0. The van der Waals surface area contributed by atoms with Crippen LogP contribution in [0, 0.1) is 0 Å². The number of aliphatic imine (C=N–C) groups is 2. The molecule has 16 heteroatoms. The van der Waals surface area contributed by atoms with Gasteiger partial charge in [-0.25, -0.2) is 4.79 Å². The maximum Gasteiger partial charge on any atom is 0.326 e. The Balaban J connectivity index is 3.12. The average molecular weight is 609 g/mol. The van der Waals surface area contributed by atoms with Gasteiger partial charge in [0.15, 0.2) is 11.9 Å². The fraction of sp³-hybridized carbons (Fsp3) is 0.538. The van der Waals surface area contributed by atoms with E-state index in [9.17, 15) is 24.3 Å². The van der Waals surface area contributed by atoms with Crippen LogP contribution >= 0.6 is 11.8 Å². The van der Waals surface area contributed by atoms with Crippen molar-refractivity contribution in [3.8, 4) is 0 Å². The Labute approximate surface area is 249 Å². The second-order valence-electron chi connectivity index (χ2n) is 9.50. The molecule has 1 rings (SSSR count). The molecule has 234 valence electrons. The summed E-state index contributed by atoms with van der Waals surface area (Å²) in [7, 11) is 0. The van der Waals surface area contributed by atoms with Crippen molar-refractivity contribution in [1.29, 1.82) is 0 Å². The van der Waals surface area contributed by atoms with Crippen molar-refractivity contribution in [3.05, 3.63) is 35.9 Å². The van der Waals surface area contributed by atoms with Crippen LogP contribution in [0.5, 0.6) is 0 Å². The number of carbonyl (C=O) groups excluding carboxylic acids is 3. The maximum atomic E-state index is 13.5. The minimum atomic E-state index is -1.25. The van der Waals surface area contributed by atoms with Crippen LogP contribution in [0.1, 0.15) is 37.7 Å². The standard InChI is InChI=1S/C26H44N10O5S/c1-42-14-11-17(27)21(37)34-18(9-5-12-32-25(28)29)22(38)36-20(15-16-7-3-2-4-8-16)23(39)35-19(24(40)41)10-6-13-33-26(30)31/h2-4,7-8,17-20H,5-6,9-15,27H2,1H3,(H,34,37)(H,35,39)(H,36,38)(H,40,41)(H4,28,29,32)(H4,30,31,33)/t17-,18-,19-,20-/m0/s1. The van der Waals surface area contributed by atoms with Crippen molar-refractivity contribution < 1.29 is 24.3 Å². The average Bonchev–Trinajstić information content (AvgIpc) is 2.94. The van der Waals surface area contributed by atoms with Crippen molar-refractivity contribution >= 4 is 47.4 Å². The summed E-state index contributed by atoms with van der Waals surface area (Å²) in [4.78, 5) is 59.1. The third kappa shape index (κ3) is 15.1. The lowest BCUT2D eigenvalue weighted by atomic mass is 10.0. The summed E-state index contributed by atoms with van der Waals surface area (Å²) < 4.78 is 0. The number of carboxylic acids is 1. The van der Waals surface area contributed by atoms with Gasteiger partial charge in [0.1, 0.15) is 18.1 Å². The number of benzene rings is 1. The molecule has 0 aliphatic heterocycles. The number of carbonyl (C=O) groups is 4. The molecule has 0 aliphatic carbocycles. The number of carboxylic acid groups (broad SMARTS) is 1. The van der Waals surface area contributed by atoms with E-state index >= 15 is 0 Å². The van der Waals surface area contributed by atoms with Crippen LogP contribution in [-0.2, 0) is 25.6 Å². The van der Waals surface area contributed by atoms with Crippen molar-refractivity contribution in [2.24, 2.45) is 38.7 Å². The molecule has 0 unspecified atom stereocenters. The van der Waals surface area contributed by atoms with Crippen molar-refractivity contribution in [2.45, 2.75) is 62.7 Å². The van der Waals surface area contributed by atoms with E-state index < -0.39 is 47.9 Å². The molecule has 3 amide bonds. The van der Waals surface area contributed by atoms with Gasteiger partial charge < -0.3 is 49.7 Å². The molecule has 0 fully saturated rings. The molecule has 0 radical (unpaired) electrons. The van der Waals surface area contributed by atoms with E-state index in [1.807, 2.05) is 6.26 Å². The van der Waals surface area contributed by atoms with Crippen molar-refractivity contribution in [2.75, 3.05) is 25.1 Å². The number of thioether (sulfide) groups is 1. The normalized spacial score (nSPS) is 13.5. The lowest BCUT2D eigenvalue weighted by molar-refractivity contribution is -0.142. The third-order valence-corrected chi connectivity index (χ3v) is 6.67. The molecule has 1 aromatic rings. The van der Waals surface area contributed by atoms with Crippen molar-refractivity contribution in [3.63, 3.8) is 0 Å². The molecule has 15 nitrogen and oxygen atoms in total. The zero-order valence-electron chi connectivity index (χ0n) is 23.8. The second-order valence-corrected chi connectivity index (χ2v) is 10.5. The SMILES string of the molecule is CSCC[C@H](N)C(=O)N[C@@H](CCCN=C(N)N)C(=O)N[C@@H](Cc1ccccc1)C(=O)N[C@@H](CCCN=C(N)N)C(=O)O. The summed E-state index contributed by atoms with van der Waals surface area (Å²) in [6, 6.07) is 4.63. The van der Waals surface area contributed by atoms with E-state index in [-0.39, 0.29) is 44.3 Å². The first-order chi connectivity index (χ1) is 19.9. The van der Waals surface area contributed by atoms with Crippen LogP contribution in [0.2, 0.25) is 0 Å². The van der Waals surface area contributed by atoms with Crippen LogP contribution in [0.25, 0.3) is 0 Å². The highest BCUT2D eigenvalue weighted by atomic mass is 32.2. The van der Waals surface area contributed by atoms with Gasteiger partial charge in [-0.1, -0.05) is 30.3 Å². The summed E-state index contributed by atoms with van der Waals surface area (Å²) >= 11 is 1.54. The molecule has 0 heterocycles. The smallest absolute Gasteiger partial charge is 0.326 e. The van der Waals surface area contributed by atoms with Gasteiger partial charge in [0.05, 0.1) is 6.04 Å². The summed E-state index contributed by atoms with van der Waals surface area (Å²) in [5.74, 6) is -2.67. The fourth-order valence-electron chi connectivity index (χ4n) is 3.79. The topological polar surface area (TPSA) is 279 Å². The molecule has 0 saturated heterocycles. The summed E-state index contributed by atoms with van der Waals surface area (Å²) in [6.45, 7) is 0.404. The second kappa shape index (κ2) is 19.9. The summed E-state index contributed by atoms with van der Waals surface area (Å²) in [5.41, 5.74) is 28.1. The monoisotopic (exact) mass is 608 g/mol. The number of guanidine groups is 2. The molecule has 14 N–H and O–H groups in total. The van der Waals surface area contributed by atoms with Gasteiger partial charge in [-0.15, -0.1) is 0 Å². The van der Waals surface area contributed by atoms with Gasteiger partial charge >= 0.3 is 5.97 Å².